The summed E-state index contributed by atoms with van der Waals surface area (Å²) in [6, 6.07) is 0. The van der Waals surface area contributed by atoms with Gasteiger partial charge in [-0.05, 0) is 12.3 Å². The van der Waals surface area contributed by atoms with Crippen LogP contribution in [0.25, 0.3) is 0 Å². The number of hydrogen-bond acceptors (Lipinski definition) is 0. The van der Waals surface area contributed by atoms with Crippen LogP contribution in [0.4, 0.5) is 0 Å². The van der Waals surface area contributed by atoms with Gasteiger partial charge in [0.25, 0.3) is 0 Å². The minimum absolute atomic E-state index is 0.208. The van der Waals surface area contributed by atoms with Crippen molar-refractivity contribution in [1.29, 1.82) is 0 Å². The molecule has 1 fully saturated rings. The van der Waals surface area contributed by atoms with Gasteiger partial charge in [0.05, 0.1) is 0 Å². The summed E-state index contributed by atoms with van der Waals surface area (Å²) in [5, 5.41) is 0.208. The SMILES string of the molecule is ClCC(Cl)CC1CCCCC1. The van der Waals surface area contributed by atoms with Crippen LogP contribution in [0.1, 0.15) is 38.5 Å². The van der Waals surface area contributed by atoms with E-state index in [1.807, 2.05) is 0 Å². The molecule has 11 heavy (non-hydrogen) atoms. The Kier molecular flexibility index (Phi) is 4.63. The van der Waals surface area contributed by atoms with Crippen molar-refractivity contribution in [2.75, 3.05) is 5.88 Å². The summed E-state index contributed by atoms with van der Waals surface area (Å²) in [6.07, 6.45) is 8.10. The van der Waals surface area contributed by atoms with E-state index in [0.29, 0.717) is 5.88 Å². The molecule has 0 nitrogen and oxygen atoms in total. The molecule has 0 bridgehead atoms. The fourth-order valence-corrected chi connectivity index (χ4v) is 2.23. The molecule has 2 heteroatoms. The van der Waals surface area contributed by atoms with Crippen LogP contribution in [0.5, 0.6) is 0 Å². The van der Waals surface area contributed by atoms with Crippen molar-refractivity contribution in [1.82, 2.24) is 0 Å². The first-order valence-corrected chi connectivity index (χ1v) is 5.50. The highest BCUT2D eigenvalue weighted by Crippen LogP contribution is 2.28. The second-order valence-electron chi connectivity index (χ2n) is 3.49. The van der Waals surface area contributed by atoms with Gasteiger partial charge in [-0.25, -0.2) is 0 Å². The summed E-state index contributed by atoms with van der Waals surface area (Å²) in [7, 11) is 0. The molecule has 1 saturated carbocycles. The molecule has 0 heterocycles. The van der Waals surface area contributed by atoms with Gasteiger partial charge in [0.1, 0.15) is 0 Å². The number of rotatable bonds is 3. The van der Waals surface area contributed by atoms with Crippen molar-refractivity contribution >= 4 is 23.2 Å². The van der Waals surface area contributed by atoms with Crippen LogP contribution in [-0.4, -0.2) is 11.3 Å². The molecule has 0 aromatic rings. The van der Waals surface area contributed by atoms with Gasteiger partial charge in [0.2, 0.25) is 0 Å². The summed E-state index contributed by atoms with van der Waals surface area (Å²) in [4.78, 5) is 0. The van der Waals surface area contributed by atoms with Crippen LogP contribution in [0.3, 0.4) is 0 Å². The molecule has 1 rings (SSSR count). The van der Waals surface area contributed by atoms with Crippen LogP contribution in [0.15, 0.2) is 0 Å². The maximum Gasteiger partial charge on any atom is 0.0474 e. The molecular weight excluding hydrogens is 179 g/mol. The van der Waals surface area contributed by atoms with E-state index in [4.69, 9.17) is 23.2 Å². The average molecular weight is 195 g/mol. The normalized spacial score (nSPS) is 23.5. The predicted octanol–water partition coefficient (Wildman–Crippen LogP) is 3.80. The zero-order valence-electron chi connectivity index (χ0n) is 6.86. The Morgan fingerprint density at radius 1 is 1.18 bits per heavy atom. The largest absolute Gasteiger partial charge is 0.125 e. The molecule has 66 valence electrons. The Hall–Kier alpha value is 0.580. The first kappa shape index (κ1) is 9.67. The van der Waals surface area contributed by atoms with Crippen LogP contribution in [-0.2, 0) is 0 Å². The fraction of sp³-hybridized carbons (Fsp3) is 1.00. The third-order valence-corrected chi connectivity index (χ3v) is 3.34. The molecule has 0 radical (unpaired) electrons. The predicted molar refractivity (Wildman–Crippen MR) is 51.6 cm³/mol. The lowest BCUT2D eigenvalue weighted by atomic mass is 9.86. The molecule has 0 aliphatic heterocycles. The molecule has 0 spiro atoms. The van der Waals surface area contributed by atoms with E-state index in [1.165, 1.54) is 32.1 Å². The summed E-state index contributed by atoms with van der Waals surface area (Å²) in [6.45, 7) is 0. The summed E-state index contributed by atoms with van der Waals surface area (Å²) >= 11 is 11.6. The highest BCUT2D eigenvalue weighted by molar-refractivity contribution is 6.28. The van der Waals surface area contributed by atoms with Crippen molar-refractivity contribution in [2.24, 2.45) is 5.92 Å². The van der Waals surface area contributed by atoms with Gasteiger partial charge in [-0.15, -0.1) is 23.2 Å². The Morgan fingerprint density at radius 3 is 2.36 bits per heavy atom. The van der Waals surface area contributed by atoms with E-state index in [9.17, 15) is 0 Å². The number of hydrogen-bond donors (Lipinski definition) is 0. The van der Waals surface area contributed by atoms with Crippen molar-refractivity contribution in [3.8, 4) is 0 Å². The van der Waals surface area contributed by atoms with E-state index >= 15 is 0 Å². The lowest BCUT2D eigenvalue weighted by Gasteiger charge is -2.22. The Morgan fingerprint density at radius 2 is 1.82 bits per heavy atom. The highest BCUT2D eigenvalue weighted by atomic mass is 35.5. The van der Waals surface area contributed by atoms with E-state index in [1.54, 1.807) is 0 Å². The summed E-state index contributed by atoms with van der Waals surface area (Å²) in [5.41, 5.74) is 0. The van der Waals surface area contributed by atoms with Crippen molar-refractivity contribution < 1.29 is 0 Å². The van der Waals surface area contributed by atoms with Crippen molar-refractivity contribution in [3.63, 3.8) is 0 Å². The monoisotopic (exact) mass is 194 g/mol. The summed E-state index contributed by atoms with van der Waals surface area (Å²) in [5.74, 6) is 1.47. The second kappa shape index (κ2) is 5.27. The summed E-state index contributed by atoms with van der Waals surface area (Å²) < 4.78 is 0. The maximum absolute atomic E-state index is 5.97. The topological polar surface area (TPSA) is 0 Å². The van der Waals surface area contributed by atoms with Gasteiger partial charge in [-0.1, -0.05) is 32.1 Å². The molecule has 1 aliphatic carbocycles. The molecule has 1 aliphatic rings. The molecule has 0 N–H and O–H groups in total. The third kappa shape index (κ3) is 3.66. The molecular formula is C9H16Cl2. The number of halogens is 2. The van der Waals surface area contributed by atoms with E-state index in [-0.39, 0.29) is 5.38 Å². The Balaban J connectivity index is 2.13. The molecule has 0 aromatic carbocycles. The Bertz CT molecular complexity index is 97.7. The van der Waals surface area contributed by atoms with Crippen LogP contribution in [0, 0.1) is 5.92 Å². The van der Waals surface area contributed by atoms with Gasteiger partial charge < -0.3 is 0 Å². The quantitative estimate of drug-likeness (QED) is 0.601. The second-order valence-corrected chi connectivity index (χ2v) is 4.42. The lowest BCUT2D eigenvalue weighted by molar-refractivity contribution is 0.339. The Labute approximate surface area is 79.3 Å². The van der Waals surface area contributed by atoms with E-state index in [2.05, 4.69) is 0 Å². The molecule has 0 aromatic heterocycles. The number of alkyl halides is 2. The first-order chi connectivity index (χ1) is 5.33. The zero-order chi connectivity index (χ0) is 8.10. The smallest absolute Gasteiger partial charge is 0.0474 e. The van der Waals surface area contributed by atoms with Gasteiger partial charge in [-0.3, -0.25) is 0 Å². The van der Waals surface area contributed by atoms with Gasteiger partial charge >= 0.3 is 0 Å². The van der Waals surface area contributed by atoms with E-state index < -0.39 is 0 Å². The standard InChI is InChI=1S/C9H16Cl2/c10-7-9(11)6-8-4-2-1-3-5-8/h8-9H,1-7H2. The fourth-order valence-electron chi connectivity index (χ4n) is 1.85. The highest BCUT2D eigenvalue weighted by Gasteiger charge is 2.16. The molecule has 1 atom stereocenters. The lowest BCUT2D eigenvalue weighted by Crippen LogP contribution is -2.13. The third-order valence-electron chi connectivity index (χ3n) is 2.48. The molecule has 1 unspecified atom stereocenters. The van der Waals surface area contributed by atoms with Crippen LogP contribution in [0.2, 0.25) is 0 Å². The van der Waals surface area contributed by atoms with Crippen LogP contribution < -0.4 is 0 Å². The minimum atomic E-state index is 0.208. The van der Waals surface area contributed by atoms with Gasteiger partial charge in [-0.2, -0.15) is 0 Å². The van der Waals surface area contributed by atoms with Gasteiger partial charge in [0, 0.05) is 11.3 Å². The van der Waals surface area contributed by atoms with Gasteiger partial charge in [0.15, 0.2) is 0 Å². The minimum Gasteiger partial charge on any atom is -0.125 e. The first-order valence-electron chi connectivity index (χ1n) is 4.53. The maximum atomic E-state index is 5.97. The van der Waals surface area contributed by atoms with Crippen molar-refractivity contribution in [2.45, 2.75) is 43.9 Å². The zero-order valence-corrected chi connectivity index (χ0v) is 8.37. The average Bonchev–Trinajstić information content (AvgIpc) is 2.06. The van der Waals surface area contributed by atoms with Crippen LogP contribution >= 0.6 is 23.2 Å². The molecule has 0 amide bonds. The van der Waals surface area contributed by atoms with Crippen molar-refractivity contribution in [3.05, 3.63) is 0 Å². The molecule has 0 saturated heterocycles. The van der Waals surface area contributed by atoms with E-state index in [0.717, 1.165) is 12.3 Å².